The molecule has 144 valence electrons. The Morgan fingerprint density at radius 2 is 1.42 bits per heavy atom. The molecule has 0 aromatic rings. The van der Waals surface area contributed by atoms with E-state index in [2.05, 4.69) is 19.2 Å². The van der Waals surface area contributed by atoms with Gasteiger partial charge in [0.05, 0.1) is 0 Å². The number of unbranched alkanes of at least 4 members (excludes halogenated alkanes) is 5. The maximum absolute atomic E-state index is 10.8. The first kappa shape index (κ1) is 23.1. The van der Waals surface area contributed by atoms with E-state index in [1.54, 1.807) is 21.3 Å². The maximum atomic E-state index is 10.8. The summed E-state index contributed by atoms with van der Waals surface area (Å²) in [5, 5.41) is 2.63. The topological polar surface area (TPSA) is 82.8 Å². The number of urea groups is 1. The van der Waals surface area contributed by atoms with Gasteiger partial charge in [0, 0.05) is 33.3 Å². The minimum atomic E-state index is -1.08. The highest BCUT2D eigenvalue weighted by molar-refractivity contribution is 5.71. The molecule has 0 saturated carbocycles. The van der Waals surface area contributed by atoms with E-state index in [-0.39, 0.29) is 5.41 Å². The zero-order chi connectivity index (χ0) is 18.5. The fourth-order valence-electron chi connectivity index (χ4n) is 3.41. The average Bonchev–Trinajstić information content (AvgIpc) is 2.57. The number of carbonyl (C=O) groups is 1. The second-order valence-corrected chi connectivity index (χ2v) is 6.64. The van der Waals surface area contributed by atoms with Gasteiger partial charge in [-0.15, -0.1) is 0 Å². The molecule has 0 rings (SSSR count). The molecule has 3 N–H and O–H groups in total. The van der Waals surface area contributed by atoms with Crippen LogP contribution in [-0.2, 0) is 14.2 Å². The van der Waals surface area contributed by atoms with Crippen LogP contribution in [0.15, 0.2) is 0 Å². The molecule has 2 amide bonds. The molecule has 0 spiro atoms. The van der Waals surface area contributed by atoms with Crippen molar-refractivity contribution in [1.29, 1.82) is 0 Å². The maximum Gasteiger partial charge on any atom is 0.312 e. The van der Waals surface area contributed by atoms with Gasteiger partial charge in [-0.3, -0.25) is 0 Å². The van der Waals surface area contributed by atoms with Crippen LogP contribution < -0.4 is 11.1 Å². The number of hydrogen-bond acceptors (Lipinski definition) is 4. The van der Waals surface area contributed by atoms with Crippen molar-refractivity contribution in [3.8, 4) is 0 Å². The van der Waals surface area contributed by atoms with Gasteiger partial charge in [0.2, 0.25) is 0 Å². The summed E-state index contributed by atoms with van der Waals surface area (Å²) < 4.78 is 16.9. The smallest absolute Gasteiger partial charge is 0.312 e. The molecule has 0 radical (unpaired) electrons. The Kier molecular flexibility index (Phi) is 12.1. The first-order chi connectivity index (χ1) is 11.4. The molecule has 0 fully saturated rings. The standard InChI is InChI=1S/C18H38N2O4/c1-6-7-8-9-10-11-13-17(2,14-12-15-20-16(19)21)18(22-3,23-4)24-5/h6-15H2,1-5H3,(H3,19,20,21). The van der Waals surface area contributed by atoms with Crippen LogP contribution >= 0.6 is 0 Å². The van der Waals surface area contributed by atoms with Crippen LogP contribution in [-0.4, -0.2) is 39.9 Å². The second kappa shape index (κ2) is 12.5. The number of nitrogens with one attached hydrogen (secondary N) is 1. The highest BCUT2D eigenvalue weighted by Crippen LogP contribution is 2.44. The van der Waals surface area contributed by atoms with Gasteiger partial charge in [-0.2, -0.15) is 0 Å². The van der Waals surface area contributed by atoms with Crippen molar-refractivity contribution in [2.75, 3.05) is 27.9 Å². The normalized spacial score (nSPS) is 14.4. The molecule has 24 heavy (non-hydrogen) atoms. The summed E-state index contributed by atoms with van der Waals surface area (Å²) in [5.74, 6) is -1.08. The number of rotatable bonds is 15. The molecule has 1 unspecified atom stereocenters. The summed E-state index contributed by atoms with van der Waals surface area (Å²) in [6.07, 6.45) is 9.92. The van der Waals surface area contributed by atoms with Crippen LogP contribution in [0.3, 0.4) is 0 Å². The predicted molar refractivity (Wildman–Crippen MR) is 96.7 cm³/mol. The van der Waals surface area contributed by atoms with Crippen LogP contribution in [0.2, 0.25) is 0 Å². The van der Waals surface area contributed by atoms with Crippen LogP contribution in [0, 0.1) is 5.41 Å². The minimum absolute atomic E-state index is 0.310. The Hall–Kier alpha value is -0.850. The Balaban J connectivity index is 4.71. The van der Waals surface area contributed by atoms with Gasteiger partial charge < -0.3 is 25.3 Å². The number of ether oxygens (including phenoxy) is 3. The number of hydrogen-bond donors (Lipinski definition) is 2. The van der Waals surface area contributed by atoms with Crippen molar-refractivity contribution in [3.05, 3.63) is 0 Å². The van der Waals surface area contributed by atoms with E-state index in [1.165, 1.54) is 32.1 Å². The van der Waals surface area contributed by atoms with Crippen LogP contribution in [0.4, 0.5) is 4.79 Å². The van der Waals surface area contributed by atoms with Gasteiger partial charge >= 0.3 is 6.03 Å². The number of primary amides is 1. The molecule has 0 heterocycles. The third-order valence-corrected chi connectivity index (χ3v) is 4.83. The number of nitrogens with two attached hydrogens (primary N) is 1. The SMILES string of the molecule is CCCCCCCCC(C)(CCCNC(N)=O)C(OC)(OC)OC. The third kappa shape index (κ3) is 7.36. The lowest BCUT2D eigenvalue weighted by Gasteiger charge is -2.45. The summed E-state index contributed by atoms with van der Waals surface area (Å²) in [5.41, 5.74) is 4.81. The number of methoxy groups -OCH3 is 3. The van der Waals surface area contributed by atoms with Gasteiger partial charge in [0.25, 0.3) is 5.97 Å². The molecule has 0 saturated heterocycles. The molecule has 1 atom stereocenters. The highest BCUT2D eigenvalue weighted by Gasteiger charge is 2.49. The lowest BCUT2D eigenvalue weighted by Crippen LogP contribution is -2.51. The zero-order valence-corrected chi connectivity index (χ0v) is 16.3. The molecule has 0 bridgehead atoms. The van der Waals surface area contributed by atoms with Crippen LogP contribution in [0.25, 0.3) is 0 Å². The lowest BCUT2D eigenvalue weighted by molar-refractivity contribution is -0.406. The second-order valence-electron chi connectivity index (χ2n) is 6.64. The van der Waals surface area contributed by atoms with Crippen molar-refractivity contribution >= 4 is 6.03 Å². The number of amides is 2. The van der Waals surface area contributed by atoms with Crippen LogP contribution in [0.5, 0.6) is 0 Å². The van der Waals surface area contributed by atoms with Crippen molar-refractivity contribution in [2.24, 2.45) is 11.1 Å². The van der Waals surface area contributed by atoms with Crippen LogP contribution in [0.1, 0.15) is 71.6 Å². The van der Waals surface area contributed by atoms with Gasteiger partial charge in [-0.05, 0) is 19.3 Å². The van der Waals surface area contributed by atoms with Gasteiger partial charge in [-0.1, -0.05) is 52.4 Å². The summed E-state index contributed by atoms with van der Waals surface area (Å²) in [6.45, 7) is 4.88. The van der Waals surface area contributed by atoms with E-state index >= 15 is 0 Å². The minimum Gasteiger partial charge on any atom is -0.352 e. The van der Waals surface area contributed by atoms with Crippen molar-refractivity contribution < 1.29 is 19.0 Å². The fourth-order valence-corrected chi connectivity index (χ4v) is 3.41. The molecule has 0 aliphatic rings. The summed E-state index contributed by atoms with van der Waals surface area (Å²) >= 11 is 0. The van der Waals surface area contributed by atoms with E-state index < -0.39 is 12.0 Å². The van der Waals surface area contributed by atoms with Crippen molar-refractivity contribution in [2.45, 2.75) is 77.6 Å². The third-order valence-electron chi connectivity index (χ3n) is 4.83. The quantitative estimate of drug-likeness (QED) is 0.349. The van der Waals surface area contributed by atoms with E-state index in [1.807, 2.05) is 0 Å². The predicted octanol–water partition coefficient (Wildman–Crippen LogP) is 3.78. The molecule has 6 nitrogen and oxygen atoms in total. The van der Waals surface area contributed by atoms with Gasteiger partial charge in [0.1, 0.15) is 0 Å². The fraction of sp³-hybridized carbons (Fsp3) is 0.944. The Morgan fingerprint density at radius 1 is 0.917 bits per heavy atom. The zero-order valence-electron chi connectivity index (χ0n) is 16.3. The summed E-state index contributed by atoms with van der Waals surface area (Å²) in [6, 6.07) is -0.496. The Labute approximate surface area is 147 Å². The van der Waals surface area contributed by atoms with E-state index in [0.29, 0.717) is 6.54 Å². The van der Waals surface area contributed by atoms with E-state index in [4.69, 9.17) is 19.9 Å². The van der Waals surface area contributed by atoms with Gasteiger partial charge in [0.15, 0.2) is 0 Å². The van der Waals surface area contributed by atoms with Gasteiger partial charge in [-0.25, -0.2) is 4.79 Å². The summed E-state index contributed by atoms with van der Waals surface area (Å²) in [4.78, 5) is 10.8. The Morgan fingerprint density at radius 3 is 1.92 bits per heavy atom. The largest absolute Gasteiger partial charge is 0.352 e. The molecular weight excluding hydrogens is 308 g/mol. The molecule has 0 aromatic carbocycles. The Bertz CT molecular complexity index is 327. The molecule has 0 aliphatic heterocycles. The number of carbonyl (C=O) groups excluding carboxylic acids is 1. The first-order valence-corrected chi connectivity index (χ1v) is 9.10. The first-order valence-electron chi connectivity index (χ1n) is 9.10. The lowest BCUT2D eigenvalue weighted by atomic mass is 9.77. The monoisotopic (exact) mass is 346 g/mol. The van der Waals surface area contributed by atoms with E-state index in [9.17, 15) is 4.79 Å². The summed E-state index contributed by atoms with van der Waals surface area (Å²) in [7, 11) is 4.82. The molecular formula is C18H38N2O4. The van der Waals surface area contributed by atoms with Crippen molar-refractivity contribution in [3.63, 3.8) is 0 Å². The molecule has 0 aromatic heterocycles. The van der Waals surface area contributed by atoms with Crippen molar-refractivity contribution in [1.82, 2.24) is 5.32 Å². The highest BCUT2D eigenvalue weighted by atomic mass is 16.9. The average molecular weight is 347 g/mol. The van der Waals surface area contributed by atoms with E-state index in [0.717, 1.165) is 25.7 Å². The molecule has 6 heteroatoms. The molecule has 0 aliphatic carbocycles.